The number of nitrogens with two attached hydrogens (primary N) is 1. The average Bonchev–Trinajstić information content (AvgIpc) is 2.81. The number of hydrogen-bond donors (Lipinski definition) is 2. The SMILES string of the molecule is NNCC(Cn1cncn1)c1ccc(F)cc1F. The number of hydrogen-bond acceptors (Lipinski definition) is 4. The van der Waals surface area contributed by atoms with Crippen molar-refractivity contribution in [2.45, 2.75) is 12.5 Å². The van der Waals surface area contributed by atoms with Crippen LogP contribution in [0.3, 0.4) is 0 Å². The molecule has 1 heterocycles. The molecular weight excluding hydrogens is 240 g/mol. The first-order valence-electron chi connectivity index (χ1n) is 5.41. The molecule has 1 unspecified atom stereocenters. The van der Waals surface area contributed by atoms with E-state index in [9.17, 15) is 8.78 Å². The van der Waals surface area contributed by atoms with Crippen LogP contribution in [0.5, 0.6) is 0 Å². The van der Waals surface area contributed by atoms with Crippen molar-refractivity contribution in [1.82, 2.24) is 20.2 Å². The van der Waals surface area contributed by atoms with Crippen molar-refractivity contribution in [3.8, 4) is 0 Å². The molecule has 1 atom stereocenters. The summed E-state index contributed by atoms with van der Waals surface area (Å²) >= 11 is 0. The lowest BCUT2D eigenvalue weighted by Crippen LogP contribution is -2.30. The van der Waals surface area contributed by atoms with Crippen molar-refractivity contribution >= 4 is 0 Å². The van der Waals surface area contributed by atoms with Crippen molar-refractivity contribution in [2.24, 2.45) is 5.84 Å². The van der Waals surface area contributed by atoms with Gasteiger partial charge < -0.3 is 0 Å². The van der Waals surface area contributed by atoms with Crippen LogP contribution < -0.4 is 11.3 Å². The van der Waals surface area contributed by atoms with Crippen molar-refractivity contribution in [2.75, 3.05) is 6.54 Å². The summed E-state index contributed by atoms with van der Waals surface area (Å²) < 4.78 is 28.1. The molecule has 7 heteroatoms. The van der Waals surface area contributed by atoms with Gasteiger partial charge in [-0.15, -0.1) is 0 Å². The molecule has 0 radical (unpaired) electrons. The molecule has 3 N–H and O–H groups in total. The van der Waals surface area contributed by atoms with Gasteiger partial charge in [-0.3, -0.25) is 16.0 Å². The molecule has 0 fully saturated rings. The number of aromatic nitrogens is 3. The maximum absolute atomic E-state index is 13.7. The van der Waals surface area contributed by atoms with E-state index in [0.29, 0.717) is 18.7 Å². The molecule has 0 saturated heterocycles. The van der Waals surface area contributed by atoms with Crippen molar-refractivity contribution in [3.05, 3.63) is 48.1 Å². The van der Waals surface area contributed by atoms with Crippen LogP contribution in [0.2, 0.25) is 0 Å². The van der Waals surface area contributed by atoms with E-state index in [1.54, 1.807) is 4.68 Å². The van der Waals surface area contributed by atoms with E-state index in [-0.39, 0.29) is 5.92 Å². The Hall–Kier alpha value is -1.86. The Kier molecular flexibility index (Phi) is 3.96. The Balaban J connectivity index is 2.23. The van der Waals surface area contributed by atoms with Gasteiger partial charge in [0.2, 0.25) is 0 Å². The fourth-order valence-electron chi connectivity index (χ4n) is 1.80. The van der Waals surface area contributed by atoms with Gasteiger partial charge in [-0.05, 0) is 11.6 Å². The van der Waals surface area contributed by atoms with Gasteiger partial charge in [-0.2, -0.15) is 5.10 Å². The highest BCUT2D eigenvalue weighted by molar-refractivity contribution is 5.23. The Morgan fingerprint density at radius 3 is 2.83 bits per heavy atom. The summed E-state index contributed by atoms with van der Waals surface area (Å²) in [6.07, 6.45) is 2.93. The average molecular weight is 253 g/mol. The predicted octanol–water partition coefficient (Wildman–Crippen LogP) is 0.803. The first kappa shape index (κ1) is 12.6. The van der Waals surface area contributed by atoms with Crippen LogP contribution >= 0.6 is 0 Å². The maximum atomic E-state index is 13.7. The molecule has 0 bridgehead atoms. The second-order valence-corrected chi connectivity index (χ2v) is 3.89. The van der Waals surface area contributed by atoms with E-state index in [0.717, 1.165) is 6.07 Å². The summed E-state index contributed by atoms with van der Waals surface area (Å²) in [5, 5.41) is 3.95. The molecule has 0 saturated carbocycles. The molecule has 0 spiro atoms. The van der Waals surface area contributed by atoms with E-state index in [1.807, 2.05) is 0 Å². The number of rotatable bonds is 5. The maximum Gasteiger partial charge on any atom is 0.137 e. The van der Waals surface area contributed by atoms with E-state index < -0.39 is 11.6 Å². The summed E-state index contributed by atoms with van der Waals surface area (Å²) in [6.45, 7) is 0.759. The second-order valence-electron chi connectivity index (χ2n) is 3.89. The van der Waals surface area contributed by atoms with Gasteiger partial charge in [-0.25, -0.2) is 13.8 Å². The highest BCUT2D eigenvalue weighted by Gasteiger charge is 2.17. The highest BCUT2D eigenvalue weighted by atomic mass is 19.1. The van der Waals surface area contributed by atoms with E-state index >= 15 is 0 Å². The van der Waals surface area contributed by atoms with Gasteiger partial charge in [0.15, 0.2) is 0 Å². The molecule has 5 nitrogen and oxygen atoms in total. The summed E-state index contributed by atoms with van der Waals surface area (Å²) in [5.74, 6) is 3.84. The predicted molar refractivity (Wildman–Crippen MR) is 61.3 cm³/mol. The normalized spacial score (nSPS) is 12.6. The Morgan fingerprint density at radius 2 is 2.22 bits per heavy atom. The van der Waals surface area contributed by atoms with Gasteiger partial charge in [0.1, 0.15) is 24.3 Å². The Bertz CT molecular complexity index is 500. The third kappa shape index (κ3) is 2.88. The highest BCUT2D eigenvalue weighted by Crippen LogP contribution is 2.21. The Morgan fingerprint density at radius 1 is 1.39 bits per heavy atom. The number of nitrogens with one attached hydrogen (secondary N) is 1. The monoisotopic (exact) mass is 253 g/mol. The minimum absolute atomic E-state index is 0.253. The summed E-state index contributed by atoms with van der Waals surface area (Å²) in [5.41, 5.74) is 2.89. The van der Waals surface area contributed by atoms with E-state index in [2.05, 4.69) is 15.5 Å². The third-order valence-electron chi connectivity index (χ3n) is 2.64. The molecule has 0 aliphatic carbocycles. The van der Waals surface area contributed by atoms with Crippen LogP contribution in [-0.4, -0.2) is 21.3 Å². The molecule has 18 heavy (non-hydrogen) atoms. The molecule has 0 aliphatic rings. The summed E-state index contributed by atoms with van der Waals surface area (Å²) in [4.78, 5) is 3.81. The van der Waals surface area contributed by atoms with Gasteiger partial charge in [0, 0.05) is 18.5 Å². The first-order chi connectivity index (χ1) is 8.70. The zero-order chi connectivity index (χ0) is 13.0. The van der Waals surface area contributed by atoms with Crippen LogP contribution in [-0.2, 0) is 6.54 Å². The molecule has 2 aromatic rings. The van der Waals surface area contributed by atoms with E-state index in [1.165, 1.54) is 24.8 Å². The molecule has 2 rings (SSSR count). The third-order valence-corrected chi connectivity index (χ3v) is 2.64. The van der Waals surface area contributed by atoms with E-state index in [4.69, 9.17) is 5.84 Å². The molecule has 0 amide bonds. The van der Waals surface area contributed by atoms with Crippen molar-refractivity contribution in [3.63, 3.8) is 0 Å². The fraction of sp³-hybridized carbons (Fsp3) is 0.273. The lowest BCUT2D eigenvalue weighted by Gasteiger charge is -2.17. The molecule has 1 aromatic carbocycles. The largest absolute Gasteiger partial charge is 0.271 e. The fourth-order valence-corrected chi connectivity index (χ4v) is 1.80. The van der Waals surface area contributed by atoms with Crippen molar-refractivity contribution in [1.29, 1.82) is 0 Å². The quantitative estimate of drug-likeness (QED) is 0.611. The van der Waals surface area contributed by atoms with Gasteiger partial charge in [0.25, 0.3) is 0 Å². The number of hydrazine groups is 1. The zero-order valence-electron chi connectivity index (χ0n) is 9.55. The standard InChI is InChI=1S/C11H13F2N5/c12-9-1-2-10(11(13)3-9)8(4-16-14)5-18-7-15-6-17-18/h1-3,6-8,16H,4-5,14H2. The van der Waals surface area contributed by atoms with Crippen LogP contribution in [0.25, 0.3) is 0 Å². The number of halogens is 2. The number of benzene rings is 1. The number of nitrogens with zero attached hydrogens (tertiary/aromatic N) is 3. The second kappa shape index (κ2) is 5.65. The first-order valence-corrected chi connectivity index (χ1v) is 5.41. The minimum atomic E-state index is -0.600. The zero-order valence-corrected chi connectivity index (χ0v) is 9.55. The Labute approximate surface area is 103 Å². The van der Waals surface area contributed by atoms with Gasteiger partial charge in [0.05, 0.1) is 6.54 Å². The summed E-state index contributed by atoms with van der Waals surface area (Å²) in [6, 6.07) is 3.51. The molecule has 1 aromatic heterocycles. The van der Waals surface area contributed by atoms with Crippen LogP contribution in [0.15, 0.2) is 30.9 Å². The lowest BCUT2D eigenvalue weighted by atomic mass is 9.98. The molecule has 0 aliphatic heterocycles. The van der Waals surface area contributed by atoms with Crippen LogP contribution in [0.4, 0.5) is 8.78 Å². The smallest absolute Gasteiger partial charge is 0.137 e. The van der Waals surface area contributed by atoms with Gasteiger partial charge >= 0.3 is 0 Å². The minimum Gasteiger partial charge on any atom is -0.271 e. The van der Waals surface area contributed by atoms with Crippen LogP contribution in [0.1, 0.15) is 11.5 Å². The topological polar surface area (TPSA) is 68.8 Å². The van der Waals surface area contributed by atoms with Crippen molar-refractivity contribution < 1.29 is 8.78 Å². The van der Waals surface area contributed by atoms with Crippen LogP contribution in [0, 0.1) is 11.6 Å². The summed E-state index contributed by atoms with van der Waals surface area (Å²) in [7, 11) is 0. The lowest BCUT2D eigenvalue weighted by molar-refractivity contribution is 0.464. The molecular formula is C11H13F2N5. The molecule has 96 valence electrons. The van der Waals surface area contributed by atoms with Gasteiger partial charge in [-0.1, -0.05) is 6.07 Å².